The minimum absolute atomic E-state index is 0.0122. The van der Waals surface area contributed by atoms with Crippen molar-refractivity contribution in [3.8, 4) is 35.4 Å². The average molecular weight is 711 g/mol. The summed E-state index contributed by atoms with van der Waals surface area (Å²) in [5, 5.41) is 4.13. The quantitative estimate of drug-likeness (QED) is 0.131. The number of anilines is 1. The summed E-state index contributed by atoms with van der Waals surface area (Å²) >= 11 is 0. The molecule has 0 spiro atoms. The summed E-state index contributed by atoms with van der Waals surface area (Å²) in [6.07, 6.45) is 8.93. The van der Waals surface area contributed by atoms with Gasteiger partial charge in [0.2, 0.25) is 0 Å². The van der Waals surface area contributed by atoms with Crippen LogP contribution in [0.3, 0.4) is 0 Å². The molecule has 4 aliphatic heterocycles. The molecule has 2 unspecified atom stereocenters. The van der Waals surface area contributed by atoms with Gasteiger partial charge in [-0.05, 0) is 62.2 Å². The molecule has 0 radical (unpaired) electrons. The first-order valence-electron chi connectivity index (χ1n) is 16.2. The Morgan fingerprint density at radius 2 is 1.94 bits per heavy atom. The van der Waals surface area contributed by atoms with Crippen molar-refractivity contribution in [1.82, 2.24) is 25.2 Å². The van der Waals surface area contributed by atoms with Crippen LogP contribution in [0, 0.1) is 24.0 Å². The van der Waals surface area contributed by atoms with Gasteiger partial charge < -0.3 is 19.5 Å². The van der Waals surface area contributed by atoms with E-state index in [1.807, 2.05) is 9.80 Å². The second-order valence-electron chi connectivity index (χ2n) is 13.4. The molecule has 6 heterocycles. The fourth-order valence-corrected chi connectivity index (χ4v) is 8.46. The van der Waals surface area contributed by atoms with Crippen molar-refractivity contribution in [2.75, 3.05) is 37.7 Å². The molecule has 4 aromatic rings. The van der Waals surface area contributed by atoms with Gasteiger partial charge in [0.05, 0.1) is 16.5 Å². The van der Waals surface area contributed by atoms with E-state index in [-0.39, 0.29) is 87.5 Å². The van der Waals surface area contributed by atoms with Crippen molar-refractivity contribution in [2.24, 2.45) is 0 Å². The Bertz CT molecular complexity index is 2180. The number of piperazine rings is 1. The van der Waals surface area contributed by atoms with Crippen LogP contribution < -0.4 is 19.5 Å². The lowest BCUT2D eigenvalue weighted by Crippen LogP contribution is -2.51. The number of hydrogen-bond acceptors (Lipinski definition) is 9. The van der Waals surface area contributed by atoms with E-state index in [2.05, 4.69) is 21.2 Å². The number of hydrogen-bond donors (Lipinski definition) is 3. The zero-order chi connectivity index (χ0) is 34.9. The number of rotatable bonds is 7. The molecule has 0 amide bonds. The SMILES string of the molecule is C#Cc1c(F)ccc2cc(OP(=O)(O)O)cc(-c3ncc4c(N5CC6CCC(C5)N6)nc(OC[C@@]56CCCN5CC(=C(F)F)C6)nc4c3F)c12. The summed E-state index contributed by atoms with van der Waals surface area (Å²) in [5.41, 5.74) is -1.38. The van der Waals surface area contributed by atoms with Gasteiger partial charge in [-0.2, -0.15) is 18.7 Å². The topological polar surface area (TPSA) is 133 Å². The number of halogens is 4. The Morgan fingerprint density at radius 3 is 2.66 bits per heavy atom. The van der Waals surface area contributed by atoms with Gasteiger partial charge in [0.15, 0.2) is 5.82 Å². The van der Waals surface area contributed by atoms with E-state index >= 15 is 4.39 Å². The van der Waals surface area contributed by atoms with Gasteiger partial charge in [-0.3, -0.25) is 19.7 Å². The van der Waals surface area contributed by atoms with Crippen LogP contribution in [0.1, 0.15) is 37.7 Å². The molecule has 2 aromatic carbocycles. The summed E-state index contributed by atoms with van der Waals surface area (Å²) < 4.78 is 82.0. The number of phosphoric ester groups is 1. The maximum absolute atomic E-state index is 17.0. The van der Waals surface area contributed by atoms with Crippen LogP contribution in [0.4, 0.5) is 23.4 Å². The number of nitrogens with zero attached hydrogens (tertiary/aromatic N) is 5. The summed E-state index contributed by atoms with van der Waals surface area (Å²) in [5.74, 6) is 0.647. The fraction of sp³-hybridized carbons (Fsp3) is 0.382. The number of aromatic nitrogens is 3. The van der Waals surface area contributed by atoms with Crippen molar-refractivity contribution in [3.05, 3.63) is 59.3 Å². The van der Waals surface area contributed by atoms with Gasteiger partial charge in [-0.1, -0.05) is 12.0 Å². The Morgan fingerprint density at radius 1 is 1.16 bits per heavy atom. The van der Waals surface area contributed by atoms with Crippen LogP contribution in [0.15, 0.2) is 42.1 Å². The molecule has 2 aromatic heterocycles. The highest BCUT2D eigenvalue weighted by atomic mass is 31.2. The molecule has 0 aliphatic carbocycles. The highest BCUT2D eigenvalue weighted by Crippen LogP contribution is 2.45. The average Bonchev–Trinajstić information content (AvgIpc) is 3.74. The van der Waals surface area contributed by atoms with Crippen LogP contribution >= 0.6 is 7.82 Å². The number of phosphoric acid groups is 1. The summed E-state index contributed by atoms with van der Waals surface area (Å²) in [6, 6.07) is 5.06. The van der Waals surface area contributed by atoms with E-state index < -0.39 is 31.1 Å². The maximum atomic E-state index is 17.0. The third-order valence-corrected chi connectivity index (χ3v) is 10.7. The molecular weight excluding hydrogens is 679 g/mol. The summed E-state index contributed by atoms with van der Waals surface area (Å²) in [7, 11) is -5.05. The molecule has 8 rings (SSSR count). The van der Waals surface area contributed by atoms with Crippen molar-refractivity contribution >= 4 is 35.3 Å². The molecule has 50 heavy (non-hydrogen) atoms. The zero-order valence-electron chi connectivity index (χ0n) is 26.5. The molecule has 3 N–H and O–H groups in total. The van der Waals surface area contributed by atoms with Crippen molar-refractivity contribution in [1.29, 1.82) is 0 Å². The first-order chi connectivity index (χ1) is 23.9. The maximum Gasteiger partial charge on any atom is 0.524 e. The number of benzene rings is 2. The third kappa shape index (κ3) is 5.75. The molecule has 260 valence electrons. The molecule has 4 aliphatic rings. The number of terminal acetylenes is 1. The second-order valence-corrected chi connectivity index (χ2v) is 14.5. The minimum atomic E-state index is -5.05. The van der Waals surface area contributed by atoms with Crippen LogP contribution in [-0.2, 0) is 4.57 Å². The standard InChI is InChI=1S/C34H31F4N6O5P/c1-2-23-26(35)7-4-18-10-22(49-50(45,46)47)11-24(27(18)23)29-28(36)30-25(13-39-29)32(43-15-20-5-6-21(16-43)40-20)42-33(41-30)48-17-34-8-3-9-44(34)14-19(12-34)31(37)38/h1,4,7,10-11,13,20-21,40H,3,5-6,8-9,12,14-17H2,(H2,45,46,47)/t20?,21?,34-/m0/s1. The number of ether oxygens (including phenoxy) is 1. The van der Waals surface area contributed by atoms with E-state index in [4.69, 9.17) is 20.7 Å². The summed E-state index contributed by atoms with van der Waals surface area (Å²) in [6.45, 7) is 1.99. The Balaban J connectivity index is 1.28. The van der Waals surface area contributed by atoms with E-state index in [1.165, 1.54) is 18.3 Å². The Kier molecular flexibility index (Phi) is 8.00. The normalized spacial score (nSPS) is 23.5. The summed E-state index contributed by atoms with van der Waals surface area (Å²) in [4.78, 5) is 36.7. The lowest BCUT2D eigenvalue weighted by atomic mass is 9.94. The molecule has 3 atom stereocenters. The van der Waals surface area contributed by atoms with Gasteiger partial charge in [0.1, 0.15) is 35.2 Å². The van der Waals surface area contributed by atoms with Gasteiger partial charge in [-0.25, -0.2) is 13.3 Å². The number of nitrogens with one attached hydrogen (secondary N) is 1. The highest BCUT2D eigenvalue weighted by Gasteiger charge is 2.48. The van der Waals surface area contributed by atoms with E-state index in [9.17, 15) is 27.5 Å². The van der Waals surface area contributed by atoms with Crippen molar-refractivity contribution in [2.45, 2.75) is 49.7 Å². The van der Waals surface area contributed by atoms with Crippen LogP contribution in [0.5, 0.6) is 11.8 Å². The lowest BCUT2D eigenvalue weighted by Gasteiger charge is -2.34. The largest absolute Gasteiger partial charge is 0.524 e. The Labute approximate surface area is 283 Å². The van der Waals surface area contributed by atoms with Crippen LogP contribution in [0.2, 0.25) is 0 Å². The molecule has 16 heteroatoms. The van der Waals surface area contributed by atoms with Gasteiger partial charge in [0.25, 0.3) is 6.08 Å². The molecule has 4 saturated heterocycles. The van der Waals surface area contributed by atoms with E-state index in [0.717, 1.165) is 31.4 Å². The van der Waals surface area contributed by atoms with Crippen molar-refractivity contribution < 1.29 is 41.2 Å². The predicted octanol–water partition coefficient (Wildman–Crippen LogP) is 5.28. The van der Waals surface area contributed by atoms with Gasteiger partial charge in [-0.15, -0.1) is 6.42 Å². The van der Waals surface area contributed by atoms with Crippen LogP contribution in [0.25, 0.3) is 32.9 Å². The third-order valence-electron chi connectivity index (χ3n) is 10.2. The molecule has 11 nitrogen and oxygen atoms in total. The zero-order valence-corrected chi connectivity index (χ0v) is 27.4. The molecule has 4 fully saturated rings. The monoisotopic (exact) mass is 710 g/mol. The predicted molar refractivity (Wildman–Crippen MR) is 176 cm³/mol. The smallest absolute Gasteiger partial charge is 0.461 e. The second kappa shape index (κ2) is 12.2. The number of fused-ring (bicyclic) bond motifs is 5. The number of pyridine rings is 1. The van der Waals surface area contributed by atoms with Gasteiger partial charge in [0, 0.05) is 54.4 Å². The van der Waals surface area contributed by atoms with Crippen molar-refractivity contribution in [3.63, 3.8) is 0 Å². The van der Waals surface area contributed by atoms with E-state index in [0.29, 0.717) is 31.9 Å². The van der Waals surface area contributed by atoms with Gasteiger partial charge >= 0.3 is 13.8 Å². The Hall–Kier alpha value is -4.32. The molecule has 2 bridgehead atoms. The lowest BCUT2D eigenvalue weighted by molar-refractivity contribution is 0.108. The van der Waals surface area contributed by atoms with E-state index in [1.54, 1.807) is 0 Å². The fourth-order valence-electron chi connectivity index (χ4n) is 8.08. The first kappa shape index (κ1) is 32.9. The highest BCUT2D eigenvalue weighted by molar-refractivity contribution is 7.46. The van der Waals surface area contributed by atoms with Crippen LogP contribution in [-0.4, -0.2) is 80.0 Å². The molecule has 0 saturated carbocycles. The minimum Gasteiger partial charge on any atom is -0.461 e. The first-order valence-corrected chi connectivity index (χ1v) is 17.7. The molecular formula is C34H31F4N6O5P.